The highest BCUT2D eigenvalue weighted by atomic mass is 16.5. The molecular weight excluding hydrogens is 436 g/mol. The number of aromatic nitrogens is 1. The Morgan fingerprint density at radius 3 is 2.54 bits per heavy atom. The molecule has 35 heavy (non-hydrogen) atoms. The number of nitrogens with zero attached hydrogens (tertiary/aromatic N) is 1. The summed E-state index contributed by atoms with van der Waals surface area (Å²) >= 11 is 0. The maximum Gasteiger partial charge on any atom is 0.254 e. The summed E-state index contributed by atoms with van der Waals surface area (Å²) in [7, 11) is 0. The van der Waals surface area contributed by atoms with E-state index in [9.17, 15) is 4.79 Å². The van der Waals surface area contributed by atoms with Gasteiger partial charge >= 0.3 is 0 Å². The highest BCUT2D eigenvalue weighted by Crippen LogP contribution is 2.22. The van der Waals surface area contributed by atoms with Gasteiger partial charge in [0.2, 0.25) is 0 Å². The van der Waals surface area contributed by atoms with Gasteiger partial charge in [-0.2, -0.15) is 0 Å². The lowest BCUT2D eigenvalue weighted by Gasteiger charge is -2.23. The Hall–Kier alpha value is -3.33. The number of hydrogen-bond donors (Lipinski definition) is 1. The van der Waals surface area contributed by atoms with Crippen LogP contribution in [0.15, 0.2) is 71.5 Å². The Kier molecular flexibility index (Phi) is 8.78. The van der Waals surface area contributed by atoms with Crippen LogP contribution in [0.3, 0.4) is 0 Å². The van der Waals surface area contributed by atoms with Crippen LogP contribution < -0.4 is 15.6 Å². The van der Waals surface area contributed by atoms with Crippen LogP contribution in [0.25, 0.3) is 0 Å². The fourth-order valence-electron chi connectivity index (χ4n) is 4.39. The molecule has 1 aliphatic heterocycles. The molecule has 1 aromatic heterocycles. The van der Waals surface area contributed by atoms with Crippen LogP contribution in [0.4, 0.5) is 0 Å². The summed E-state index contributed by atoms with van der Waals surface area (Å²) < 4.78 is 13.2. The first-order chi connectivity index (χ1) is 17.1. The topological polar surface area (TPSA) is 52.5 Å². The molecule has 1 N–H and O–H groups in total. The minimum atomic E-state index is -0.0819. The predicted octanol–water partition coefficient (Wildman–Crippen LogP) is 4.71. The molecule has 2 heterocycles. The second-order valence-electron chi connectivity index (χ2n) is 9.10. The molecule has 0 amide bonds. The van der Waals surface area contributed by atoms with Crippen LogP contribution in [0.5, 0.6) is 5.75 Å². The molecule has 1 aliphatic rings. The van der Waals surface area contributed by atoms with Crippen molar-refractivity contribution in [3.8, 4) is 17.6 Å². The van der Waals surface area contributed by atoms with E-state index in [0.717, 1.165) is 49.4 Å². The van der Waals surface area contributed by atoms with Gasteiger partial charge in [-0.3, -0.25) is 4.79 Å². The van der Waals surface area contributed by atoms with E-state index in [-0.39, 0.29) is 11.6 Å². The Labute approximate surface area is 208 Å². The summed E-state index contributed by atoms with van der Waals surface area (Å²) in [4.78, 5) is 12.9. The summed E-state index contributed by atoms with van der Waals surface area (Å²) in [6.07, 6.45) is 2.02. The summed E-state index contributed by atoms with van der Waals surface area (Å²) in [6, 6.07) is 21.9. The van der Waals surface area contributed by atoms with Crippen molar-refractivity contribution >= 4 is 0 Å². The van der Waals surface area contributed by atoms with Gasteiger partial charge in [-0.25, -0.2) is 0 Å². The Bertz CT molecular complexity index is 1200. The van der Waals surface area contributed by atoms with Crippen LogP contribution in [0.1, 0.15) is 48.2 Å². The molecule has 1 saturated heterocycles. The first-order valence-corrected chi connectivity index (χ1v) is 12.4. The van der Waals surface area contributed by atoms with Gasteiger partial charge in [0, 0.05) is 37.1 Å². The highest BCUT2D eigenvalue weighted by molar-refractivity contribution is 5.37. The van der Waals surface area contributed by atoms with E-state index < -0.39 is 0 Å². The molecule has 3 aromatic rings. The fourth-order valence-corrected chi connectivity index (χ4v) is 4.39. The van der Waals surface area contributed by atoms with Crippen LogP contribution in [0.2, 0.25) is 0 Å². The van der Waals surface area contributed by atoms with Crippen LogP contribution in [-0.2, 0) is 11.3 Å². The zero-order valence-corrected chi connectivity index (χ0v) is 20.6. The lowest BCUT2D eigenvalue weighted by atomic mass is 10.0. The molecular formula is C30H34N2O3. The van der Waals surface area contributed by atoms with Gasteiger partial charge in [-0.1, -0.05) is 54.3 Å². The maximum absolute atomic E-state index is 12.9. The van der Waals surface area contributed by atoms with E-state index in [1.807, 2.05) is 66.9 Å². The van der Waals surface area contributed by atoms with Crippen molar-refractivity contribution in [3.63, 3.8) is 0 Å². The minimum absolute atomic E-state index is 0.0483. The van der Waals surface area contributed by atoms with Crippen molar-refractivity contribution in [3.05, 3.63) is 99.5 Å². The van der Waals surface area contributed by atoms with Gasteiger partial charge < -0.3 is 19.4 Å². The minimum Gasteiger partial charge on any atom is -0.493 e. The number of ether oxygens (including phenoxy) is 2. The molecule has 2 aromatic carbocycles. The van der Waals surface area contributed by atoms with Gasteiger partial charge in [0.25, 0.3) is 5.56 Å². The Balaban J connectivity index is 1.34. The number of hydrogen-bond acceptors (Lipinski definition) is 4. The van der Waals surface area contributed by atoms with Crippen molar-refractivity contribution in [1.82, 2.24) is 9.88 Å². The second-order valence-corrected chi connectivity index (χ2v) is 9.10. The number of benzene rings is 2. The Morgan fingerprint density at radius 1 is 1.09 bits per heavy atom. The van der Waals surface area contributed by atoms with Gasteiger partial charge in [-0.15, -0.1) is 0 Å². The van der Waals surface area contributed by atoms with Crippen molar-refractivity contribution in [1.29, 1.82) is 0 Å². The molecule has 182 valence electrons. The number of aryl methyl sites for hydroxylation is 1. The molecule has 0 saturated carbocycles. The van der Waals surface area contributed by atoms with E-state index in [4.69, 9.17) is 9.47 Å². The first kappa shape index (κ1) is 24.8. The molecule has 5 nitrogen and oxygen atoms in total. The first-order valence-electron chi connectivity index (χ1n) is 12.4. The predicted molar refractivity (Wildman–Crippen MR) is 140 cm³/mol. The molecule has 1 atom stereocenters. The van der Waals surface area contributed by atoms with E-state index >= 15 is 0 Å². The second kappa shape index (κ2) is 12.4. The zero-order chi connectivity index (χ0) is 24.5. The quantitative estimate of drug-likeness (QED) is 0.383. The number of rotatable bonds is 8. The molecule has 4 rings (SSSR count). The molecule has 0 spiro atoms. The largest absolute Gasteiger partial charge is 0.493 e. The highest BCUT2D eigenvalue weighted by Gasteiger charge is 2.16. The summed E-state index contributed by atoms with van der Waals surface area (Å²) in [5, 5.41) is 3.34. The van der Waals surface area contributed by atoms with Gasteiger partial charge in [0.1, 0.15) is 5.75 Å². The molecule has 0 unspecified atom stereocenters. The maximum atomic E-state index is 12.9. The monoisotopic (exact) mass is 470 g/mol. The molecule has 5 heteroatoms. The van der Waals surface area contributed by atoms with Crippen molar-refractivity contribution < 1.29 is 9.47 Å². The SMILES string of the molecule is Cc1cc(OCC2CCOCC2)cc(=O)n1[C@H](C)c1ccc(C#CCNCc2ccccc2)cc1. The number of pyridine rings is 1. The third-order valence-electron chi connectivity index (χ3n) is 6.46. The van der Waals surface area contributed by atoms with Crippen molar-refractivity contribution in [2.75, 3.05) is 26.4 Å². The van der Waals surface area contributed by atoms with E-state index in [0.29, 0.717) is 24.8 Å². The van der Waals surface area contributed by atoms with Gasteiger partial charge in [0.05, 0.1) is 19.2 Å². The summed E-state index contributed by atoms with van der Waals surface area (Å²) in [6.45, 7) is 7.66. The van der Waals surface area contributed by atoms with Crippen molar-refractivity contribution in [2.24, 2.45) is 5.92 Å². The lowest BCUT2D eigenvalue weighted by molar-refractivity contribution is 0.0497. The van der Waals surface area contributed by atoms with Crippen LogP contribution in [0, 0.1) is 24.7 Å². The van der Waals surface area contributed by atoms with Crippen LogP contribution >= 0.6 is 0 Å². The molecule has 0 radical (unpaired) electrons. The van der Waals surface area contributed by atoms with Gasteiger partial charge in [0.15, 0.2) is 0 Å². The normalized spacial score (nSPS) is 14.7. The Morgan fingerprint density at radius 2 is 1.83 bits per heavy atom. The average molecular weight is 471 g/mol. The zero-order valence-electron chi connectivity index (χ0n) is 20.6. The standard InChI is InChI=1S/C30H34N2O3/c1-23-19-29(35-22-27-14-17-34-18-15-27)20-30(33)32(23)24(2)28-12-10-25(11-13-28)9-6-16-31-21-26-7-4-3-5-8-26/h3-5,7-8,10-13,19-20,24,27,31H,14-18,21-22H2,1-2H3/t24-/m1/s1. The van der Waals surface area contributed by atoms with E-state index in [1.54, 1.807) is 6.07 Å². The molecule has 1 fully saturated rings. The van der Waals surface area contributed by atoms with Crippen LogP contribution in [-0.4, -0.2) is 30.9 Å². The molecule has 0 aliphatic carbocycles. The summed E-state index contributed by atoms with van der Waals surface area (Å²) in [5.41, 5.74) is 4.12. The van der Waals surface area contributed by atoms with Crippen molar-refractivity contribution in [2.45, 2.75) is 39.3 Å². The third-order valence-corrected chi connectivity index (χ3v) is 6.46. The lowest BCUT2D eigenvalue weighted by Crippen LogP contribution is -2.26. The van der Waals surface area contributed by atoms with E-state index in [1.165, 1.54) is 5.56 Å². The molecule has 0 bridgehead atoms. The van der Waals surface area contributed by atoms with Gasteiger partial charge in [-0.05, 0) is 61.9 Å². The smallest absolute Gasteiger partial charge is 0.254 e. The summed E-state index contributed by atoms with van der Waals surface area (Å²) in [5.74, 6) is 7.52. The number of nitrogens with one attached hydrogen (secondary N) is 1. The van der Waals surface area contributed by atoms with E-state index in [2.05, 4.69) is 29.3 Å². The fraction of sp³-hybridized carbons (Fsp3) is 0.367. The average Bonchev–Trinajstić information content (AvgIpc) is 2.88. The third kappa shape index (κ3) is 7.08.